The minimum Gasteiger partial charge on any atom is -0.307 e. The van der Waals surface area contributed by atoms with E-state index in [1.54, 1.807) is 6.07 Å². The normalized spacial score (nSPS) is 10.8. The smallest absolute Gasteiger partial charge is 0.185 e. The lowest BCUT2D eigenvalue weighted by atomic mass is 10.0. The van der Waals surface area contributed by atoms with Crippen molar-refractivity contribution in [3.8, 4) is 28.2 Å². The van der Waals surface area contributed by atoms with Crippen molar-refractivity contribution in [2.24, 2.45) is 0 Å². The van der Waals surface area contributed by atoms with Gasteiger partial charge in [-0.05, 0) is 30.7 Å². The summed E-state index contributed by atoms with van der Waals surface area (Å²) in [7, 11) is 0. The number of aromatic nitrogens is 1. The van der Waals surface area contributed by atoms with Crippen LogP contribution in [0.25, 0.3) is 28.2 Å². The molecule has 4 rings (SSSR count). The van der Waals surface area contributed by atoms with Crippen molar-refractivity contribution < 1.29 is 0 Å². The van der Waals surface area contributed by atoms with Crippen molar-refractivity contribution >= 4 is 23.2 Å². The van der Waals surface area contributed by atoms with Crippen LogP contribution in [0.15, 0.2) is 89.7 Å². The standard InChI is InChI=1S/C24H17Cl2NO/c1-16-23(28)15-22(18-11-5-6-12-19(18)25)27(21-14-8-7-13-20(21)26)24(16)17-9-3-2-4-10-17/h2-15H,1H3. The third-order valence-electron chi connectivity index (χ3n) is 4.75. The Morgan fingerprint density at radius 1 is 0.750 bits per heavy atom. The largest absolute Gasteiger partial charge is 0.307 e. The molecule has 28 heavy (non-hydrogen) atoms. The highest BCUT2D eigenvalue weighted by Gasteiger charge is 2.19. The topological polar surface area (TPSA) is 22.0 Å². The lowest BCUT2D eigenvalue weighted by molar-refractivity contribution is 1.04. The fourth-order valence-corrected chi connectivity index (χ4v) is 3.85. The third kappa shape index (κ3) is 3.26. The van der Waals surface area contributed by atoms with E-state index < -0.39 is 0 Å². The maximum absolute atomic E-state index is 12.9. The van der Waals surface area contributed by atoms with E-state index in [0.717, 1.165) is 22.5 Å². The molecule has 0 unspecified atom stereocenters. The molecule has 1 aromatic heterocycles. The minimum atomic E-state index is -0.0444. The molecule has 4 aromatic rings. The van der Waals surface area contributed by atoms with E-state index in [9.17, 15) is 4.79 Å². The van der Waals surface area contributed by atoms with E-state index in [-0.39, 0.29) is 5.43 Å². The van der Waals surface area contributed by atoms with Crippen LogP contribution in [0.5, 0.6) is 0 Å². The van der Waals surface area contributed by atoms with Gasteiger partial charge in [0, 0.05) is 22.2 Å². The van der Waals surface area contributed by atoms with Crippen molar-refractivity contribution in [3.63, 3.8) is 0 Å². The number of pyridine rings is 1. The van der Waals surface area contributed by atoms with Crippen molar-refractivity contribution in [2.45, 2.75) is 6.92 Å². The second kappa shape index (κ2) is 7.67. The molecule has 1 heterocycles. The molecule has 0 fully saturated rings. The van der Waals surface area contributed by atoms with E-state index in [1.807, 2.05) is 90.4 Å². The molecule has 4 heteroatoms. The summed E-state index contributed by atoms with van der Waals surface area (Å²) in [5, 5.41) is 1.17. The van der Waals surface area contributed by atoms with Crippen LogP contribution in [-0.2, 0) is 0 Å². The summed E-state index contributed by atoms with van der Waals surface area (Å²) >= 11 is 13.1. The molecule has 0 N–H and O–H groups in total. The number of hydrogen-bond donors (Lipinski definition) is 0. The molecule has 0 saturated carbocycles. The number of halogens is 2. The lowest BCUT2D eigenvalue weighted by Crippen LogP contribution is -2.16. The number of benzene rings is 3. The monoisotopic (exact) mass is 405 g/mol. The first-order valence-corrected chi connectivity index (χ1v) is 9.65. The summed E-state index contributed by atoms with van der Waals surface area (Å²) < 4.78 is 2.02. The van der Waals surface area contributed by atoms with Gasteiger partial charge in [0.2, 0.25) is 0 Å². The summed E-state index contributed by atoms with van der Waals surface area (Å²) in [5.74, 6) is 0. The van der Waals surface area contributed by atoms with Gasteiger partial charge in [-0.25, -0.2) is 0 Å². The molecular formula is C24H17Cl2NO. The number of hydrogen-bond acceptors (Lipinski definition) is 1. The molecule has 0 saturated heterocycles. The Labute approximate surface area is 173 Å². The van der Waals surface area contributed by atoms with Gasteiger partial charge >= 0.3 is 0 Å². The molecule has 2 nitrogen and oxygen atoms in total. The summed E-state index contributed by atoms with van der Waals surface area (Å²) in [6.07, 6.45) is 0. The van der Waals surface area contributed by atoms with Crippen molar-refractivity contribution in [1.29, 1.82) is 0 Å². The molecule has 0 aliphatic carbocycles. The van der Waals surface area contributed by atoms with Crippen LogP contribution in [0.4, 0.5) is 0 Å². The zero-order valence-electron chi connectivity index (χ0n) is 15.2. The van der Waals surface area contributed by atoms with Gasteiger partial charge in [0.05, 0.1) is 22.1 Å². The Hall–Kier alpha value is -2.81. The van der Waals surface area contributed by atoms with Crippen molar-refractivity contribution in [3.05, 3.63) is 111 Å². The predicted molar refractivity (Wildman–Crippen MR) is 118 cm³/mol. The number of nitrogens with zero attached hydrogens (tertiary/aromatic N) is 1. The van der Waals surface area contributed by atoms with E-state index in [2.05, 4.69) is 0 Å². The number of para-hydroxylation sites is 1. The molecule has 0 aliphatic heterocycles. The number of rotatable bonds is 3. The summed E-state index contributed by atoms with van der Waals surface area (Å²) in [4.78, 5) is 12.9. The van der Waals surface area contributed by atoms with Crippen LogP contribution >= 0.6 is 23.2 Å². The first-order valence-electron chi connectivity index (χ1n) is 8.90. The third-order valence-corrected chi connectivity index (χ3v) is 5.40. The van der Waals surface area contributed by atoms with E-state index in [4.69, 9.17) is 23.2 Å². The van der Waals surface area contributed by atoms with Gasteiger partial charge in [-0.2, -0.15) is 0 Å². The van der Waals surface area contributed by atoms with Crippen molar-refractivity contribution in [2.75, 3.05) is 0 Å². The zero-order chi connectivity index (χ0) is 19.7. The van der Waals surface area contributed by atoms with Gasteiger partial charge < -0.3 is 4.57 Å². The average molecular weight is 406 g/mol. The Morgan fingerprint density at radius 2 is 1.36 bits per heavy atom. The van der Waals surface area contributed by atoms with Crippen LogP contribution in [0.1, 0.15) is 5.56 Å². The maximum atomic E-state index is 12.9. The highest BCUT2D eigenvalue weighted by Crippen LogP contribution is 2.36. The first kappa shape index (κ1) is 18.5. The maximum Gasteiger partial charge on any atom is 0.185 e. The average Bonchev–Trinajstić information content (AvgIpc) is 2.71. The van der Waals surface area contributed by atoms with E-state index in [0.29, 0.717) is 21.3 Å². The van der Waals surface area contributed by atoms with Crippen molar-refractivity contribution in [1.82, 2.24) is 4.57 Å². The van der Waals surface area contributed by atoms with Gasteiger partial charge in [0.1, 0.15) is 0 Å². The van der Waals surface area contributed by atoms with E-state index >= 15 is 0 Å². The molecule has 0 atom stereocenters. The Bertz CT molecular complexity index is 1210. The van der Waals surface area contributed by atoms with Gasteiger partial charge in [-0.3, -0.25) is 4.79 Å². The molecule has 0 aliphatic rings. The summed E-state index contributed by atoms with van der Waals surface area (Å²) in [5.41, 5.74) is 4.62. The molecule has 0 spiro atoms. The molecule has 138 valence electrons. The SMILES string of the molecule is Cc1c(-c2ccccc2)n(-c2ccccc2Cl)c(-c2ccccc2Cl)cc1=O. The van der Waals surface area contributed by atoms with Crippen LogP contribution < -0.4 is 5.43 Å². The highest BCUT2D eigenvalue weighted by atomic mass is 35.5. The van der Waals surface area contributed by atoms with Gasteiger partial charge in [-0.15, -0.1) is 0 Å². The van der Waals surface area contributed by atoms with Gasteiger partial charge in [0.15, 0.2) is 5.43 Å². The van der Waals surface area contributed by atoms with Gasteiger partial charge in [0.25, 0.3) is 0 Å². The molecule has 0 radical (unpaired) electrons. The van der Waals surface area contributed by atoms with Gasteiger partial charge in [-0.1, -0.05) is 83.9 Å². The first-order chi connectivity index (χ1) is 13.6. The van der Waals surface area contributed by atoms with Crippen LogP contribution in [0.3, 0.4) is 0 Å². The Balaban J connectivity index is 2.20. The second-order valence-electron chi connectivity index (χ2n) is 6.50. The van der Waals surface area contributed by atoms with Crippen LogP contribution in [0, 0.1) is 6.92 Å². The summed E-state index contributed by atoms with van der Waals surface area (Å²) in [6.45, 7) is 1.84. The Kier molecular flexibility index (Phi) is 5.08. The van der Waals surface area contributed by atoms with E-state index in [1.165, 1.54) is 0 Å². The Morgan fingerprint density at radius 3 is 2.04 bits per heavy atom. The summed E-state index contributed by atoms with van der Waals surface area (Å²) in [6, 6.07) is 26.6. The second-order valence-corrected chi connectivity index (χ2v) is 7.31. The zero-order valence-corrected chi connectivity index (χ0v) is 16.7. The predicted octanol–water partition coefficient (Wildman–Crippen LogP) is 6.79. The fourth-order valence-electron chi connectivity index (χ4n) is 3.39. The highest BCUT2D eigenvalue weighted by molar-refractivity contribution is 6.33. The molecule has 0 bridgehead atoms. The molecular weight excluding hydrogens is 389 g/mol. The fraction of sp³-hybridized carbons (Fsp3) is 0.0417. The van der Waals surface area contributed by atoms with Crippen LogP contribution in [0.2, 0.25) is 10.0 Å². The molecule has 3 aromatic carbocycles. The van der Waals surface area contributed by atoms with Crippen LogP contribution in [-0.4, -0.2) is 4.57 Å². The quantitative estimate of drug-likeness (QED) is 0.367. The lowest BCUT2D eigenvalue weighted by Gasteiger charge is -2.22. The minimum absolute atomic E-state index is 0.0444. The molecule has 0 amide bonds.